The lowest BCUT2D eigenvalue weighted by molar-refractivity contribution is -0.144. The fourth-order valence-electron chi connectivity index (χ4n) is 2.24. The molecule has 2 N–H and O–H groups in total. The van der Waals surface area contributed by atoms with Gasteiger partial charge in [0.05, 0.1) is 5.92 Å². The molecule has 1 aromatic carbocycles. The summed E-state index contributed by atoms with van der Waals surface area (Å²) in [5.74, 6) is -0.908. The lowest BCUT2D eigenvalue weighted by Crippen LogP contribution is -2.43. The summed E-state index contributed by atoms with van der Waals surface area (Å²) < 4.78 is 0. The van der Waals surface area contributed by atoms with Gasteiger partial charge >= 0.3 is 5.97 Å². The van der Waals surface area contributed by atoms with Gasteiger partial charge in [-0.15, -0.1) is 0 Å². The first-order chi connectivity index (χ1) is 7.56. The van der Waals surface area contributed by atoms with Crippen LogP contribution in [0.15, 0.2) is 18.2 Å². The third-order valence-corrected chi connectivity index (χ3v) is 3.17. The number of hydrogen-bond acceptors (Lipinski definition) is 2. The molecule has 3 heteroatoms. The van der Waals surface area contributed by atoms with E-state index in [4.69, 9.17) is 5.11 Å². The molecule has 0 spiro atoms. The van der Waals surface area contributed by atoms with Crippen molar-refractivity contribution in [2.75, 3.05) is 5.32 Å². The molecule has 0 radical (unpaired) electrons. The van der Waals surface area contributed by atoms with Crippen LogP contribution in [0.25, 0.3) is 0 Å². The Kier molecular flexibility index (Phi) is 2.86. The number of anilines is 1. The maximum Gasteiger partial charge on any atom is 0.308 e. The summed E-state index contributed by atoms with van der Waals surface area (Å²) in [6.07, 6.45) is 1.74. The summed E-state index contributed by atoms with van der Waals surface area (Å²) in [4.78, 5) is 10.9. The van der Waals surface area contributed by atoms with E-state index < -0.39 is 5.97 Å². The number of aryl methyl sites for hydroxylation is 2. The molecule has 1 fully saturated rings. The number of rotatable bonds is 3. The number of aliphatic carboxylic acids is 1. The van der Waals surface area contributed by atoms with E-state index in [-0.39, 0.29) is 12.0 Å². The summed E-state index contributed by atoms with van der Waals surface area (Å²) in [5, 5.41) is 12.3. The Morgan fingerprint density at radius 1 is 1.25 bits per heavy atom. The zero-order chi connectivity index (χ0) is 11.7. The molecule has 1 aliphatic carbocycles. The minimum Gasteiger partial charge on any atom is -0.481 e. The van der Waals surface area contributed by atoms with Gasteiger partial charge in [-0.1, -0.05) is 6.07 Å². The first-order valence-electron chi connectivity index (χ1n) is 5.64. The highest BCUT2D eigenvalue weighted by Crippen LogP contribution is 2.31. The molecule has 16 heavy (non-hydrogen) atoms. The Morgan fingerprint density at radius 2 is 1.88 bits per heavy atom. The summed E-state index contributed by atoms with van der Waals surface area (Å²) in [6, 6.07) is 6.33. The fourth-order valence-corrected chi connectivity index (χ4v) is 2.24. The normalized spacial score (nSPS) is 23.6. The van der Waals surface area contributed by atoms with Crippen molar-refractivity contribution in [3.05, 3.63) is 29.3 Å². The molecule has 0 bridgehead atoms. The molecule has 1 aliphatic rings. The average Bonchev–Trinajstić information content (AvgIpc) is 2.09. The summed E-state index contributed by atoms with van der Waals surface area (Å²) in [5.41, 5.74) is 3.44. The molecule has 1 saturated carbocycles. The predicted molar refractivity (Wildman–Crippen MR) is 63.7 cm³/mol. The van der Waals surface area contributed by atoms with Crippen LogP contribution in [0.5, 0.6) is 0 Å². The van der Waals surface area contributed by atoms with Gasteiger partial charge in [0.15, 0.2) is 0 Å². The molecule has 0 heterocycles. The van der Waals surface area contributed by atoms with E-state index in [1.54, 1.807) is 0 Å². The van der Waals surface area contributed by atoms with Crippen LogP contribution < -0.4 is 5.32 Å². The molecule has 0 aromatic heterocycles. The van der Waals surface area contributed by atoms with Crippen LogP contribution >= 0.6 is 0 Å². The Hall–Kier alpha value is -1.51. The van der Waals surface area contributed by atoms with Gasteiger partial charge in [0.1, 0.15) is 0 Å². The van der Waals surface area contributed by atoms with E-state index in [0.717, 1.165) is 18.5 Å². The van der Waals surface area contributed by atoms with Gasteiger partial charge in [0.25, 0.3) is 0 Å². The minimum absolute atomic E-state index is 0.0960. The topological polar surface area (TPSA) is 49.3 Å². The lowest BCUT2D eigenvalue weighted by atomic mass is 9.79. The smallest absolute Gasteiger partial charge is 0.308 e. The highest BCUT2D eigenvalue weighted by atomic mass is 16.4. The van der Waals surface area contributed by atoms with Crippen LogP contribution in [-0.2, 0) is 4.79 Å². The maximum atomic E-state index is 10.9. The van der Waals surface area contributed by atoms with E-state index in [9.17, 15) is 4.79 Å². The van der Waals surface area contributed by atoms with E-state index >= 15 is 0 Å². The monoisotopic (exact) mass is 219 g/mol. The first kappa shape index (κ1) is 11.0. The van der Waals surface area contributed by atoms with Gasteiger partial charge in [-0.25, -0.2) is 0 Å². The van der Waals surface area contributed by atoms with Crippen LogP contribution in [0.4, 0.5) is 5.69 Å². The summed E-state index contributed by atoms with van der Waals surface area (Å²) in [7, 11) is 0. The van der Waals surface area contributed by atoms with Gasteiger partial charge in [-0.3, -0.25) is 4.79 Å². The predicted octanol–water partition coefficient (Wildman–Crippen LogP) is 2.58. The maximum absolute atomic E-state index is 10.9. The van der Waals surface area contributed by atoms with Crippen molar-refractivity contribution < 1.29 is 9.90 Å². The van der Waals surface area contributed by atoms with Crippen LogP contribution in [0.1, 0.15) is 24.0 Å². The van der Waals surface area contributed by atoms with Crippen molar-refractivity contribution in [2.24, 2.45) is 5.92 Å². The number of carbonyl (C=O) groups is 1. The Morgan fingerprint density at radius 3 is 2.31 bits per heavy atom. The van der Waals surface area contributed by atoms with Crippen LogP contribution in [0, 0.1) is 19.8 Å². The van der Waals surface area contributed by atoms with Gasteiger partial charge in [0.2, 0.25) is 0 Å². The number of nitrogens with one attached hydrogen (secondary N) is 1. The second-order valence-electron chi connectivity index (χ2n) is 4.65. The molecule has 2 atom stereocenters. The Labute approximate surface area is 95.5 Å². The molecule has 86 valence electrons. The van der Waals surface area contributed by atoms with Crippen LogP contribution in [-0.4, -0.2) is 17.1 Å². The van der Waals surface area contributed by atoms with Crippen molar-refractivity contribution >= 4 is 11.7 Å². The van der Waals surface area contributed by atoms with Crippen molar-refractivity contribution in [1.29, 1.82) is 0 Å². The van der Waals surface area contributed by atoms with Gasteiger partial charge in [0, 0.05) is 11.7 Å². The second-order valence-corrected chi connectivity index (χ2v) is 4.65. The highest BCUT2D eigenvalue weighted by molar-refractivity contribution is 5.73. The third-order valence-electron chi connectivity index (χ3n) is 3.17. The van der Waals surface area contributed by atoms with E-state index in [1.807, 2.05) is 13.8 Å². The zero-order valence-corrected chi connectivity index (χ0v) is 9.66. The Balaban J connectivity index is 2.07. The van der Waals surface area contributed by atoms with Gasteiger partial charge < -0.3 is 10.4 Å². The molecule has 0 amide bonds. The summed E-state index contributed by atoms with van der Waals surface area (Å²) >= 11 is 0. The van der Waals surface area contributed by atoms with Crippen molar-refractivity contribution in [2.45, 2.75) is 32.7 Å². The van der Waals surface area contributed by atoms with Gasteiger partial charge in [-0.2, -0.15) is 0 Å². The highest BCUT2D eigenvalue weighted by Gasteiger charge is 2.36. The molecule has 0 saturated heterocycles. The van der Waals surface area contributed by atoms with E-state index in [0.29, 0.717) is 0 Å². The molecule has 0 aliphatic heterocycles. The van der Waals surface area contributed by atoms with Gasteiger partial charge in [-0.05, 0) is 49.9 Å². The molecular formula is C13H17NO2. The number of carboxylic acids is 1. The molecular weight excluding hydrogens is 202 g/mol. The first-order valence-corrected chi connectivity index (χ1v) is 5.64. The van der Waals surface area contributed by atoms with Crippen LogP contribution in [0.2, 0.25) is 0 Å². The average molecular weight is 219 g/mol. The molecule has 1 aromatic rings. The number of hydrogen-bond donors (Lipinski definition) is 2. The quantitative estimate of drug-likeness (QED) is 0.821. The third kappa shape index (κ3) is 2.18. The second kappa shape index (κ2) is 4.16. The number of benzene rings is 1. The lowest BCUT2D eigenvalue weighted by Gasteiger charge is -2.34. The number of carboxylic acid groups (broad SMARTS) is 1. The zero-order valence-electron chi connectivity index (χ0n) is 9.66. The van der Waals surface area contributed by atoms with E-state index in [1.165, 1.54) is 11.1 Å². The molecule has 2 unspecified atom stereocenters. The van der Waals surface area contributed by atoms with Crippen molar-refractivity contribution in [3.8, 4) is 0 Å². The van der Waals surface area contributed by atoms with Crippen molar-refractivity contribution in [1.82, 2.24) is 0 Å². The molecule has 3 nitrogen and oxygen atoms in total. The van der Waals surface area contributed by atoms with E-state index in [2.05, 4.69) is 23.5 Å². The van der Waals surface area contributed by atoms with Crippen LogP contribution in [0.3, 0.4) is 0 Å². The SMILES string of the molecule is Cc1cc(C)cc(NC2CCC2C(=O)O)c1. The minimum atomic E-state index is -0.687. The largest absolute Gasteiger partial charge is 0.481 e. The van der Waals surface area contributed by atoms with Crippen molar-refractivity contribution in [3.63, 3.8) is 0 Å². The standard InChI is InChI=1S/C13H17NO2/c1-8-5-9(2)7-10(6-8)14-12-4-3-11(12)13(15)16/h5-7,11-12,14H,3-4H2,1-2H3,(H,15,16). The fraction of sp³-hybridized carbons (Fsp3) is 0.462. The summed E-state index contributed by atoms with van der Waals surface area (Å²) in [6.45, 7) is 4.10. The Bertz CT molecular complexity index is 394. The molecule has 2 rings (SSSR count).